The topological polar surface area (TPSA) is 88.7 Å². The molecule has 2 aromatic carbocycles. The summed E-state index contributed by atoms with van der Waals surface area (Å²) in [5, 5.41) is 8.53. The fourth-order valence-corrected chi connectivity index (χ4v) is 2.68. The molecule has 0 aliphatic heterocycles. The van der Waals surface area contributed by atoms with E-state index in [1.165, 1.54) is 7.11 Å². The van der Waals surface area contributed by atoms with E-state index in [9.17, 15) is 9.59 Å². The normalized spacial score (nSPS) is 10.5. The highest BCUT2D eigenvalue weighted by Gasteiger charge is 2.13. The summed E-state index contributed by atoms with van der Waals surface area (Å²) in [6.45, 7) is 7.45. The fourth-order valence-electron chi connectivity index (χ4n) is 2.47. The Morgan fingerprint density at radius 3 is 2.37 bits per heavy atom. The van der Waals surface area contributed by atoms with E-state index in [4.69, 9.17) is 21.7 Å². The van der Waals surface area contributed by atoms with E-state index in [-0.39, 0.29) is 28.9 Å². The Bertz CT molecular complexity index is 928. The van der Waals surface area contributed by atoms with Gasteiger partial charge in [-0.25, -0.2) is 0 Å². The number of ether oxygens (including phenoxy) is 2. The summed E-state index contributed by atoms with van der Waals surface area (Å²) in [4.78, 5) is 24.4. The first-order valence-corrected chi connectivity index (χ1v) is 9.98. The summed E-state index contributed by atoms with van der Waals surface area (Å²) in [6, 6.07) is 12.0. The molecule has 3 N–H and O–H groups in total. The maximum Gasteiger partial charge on any atom is 0.257 e. The zero-order valence-corrected chi connectivity index (χ0v) is 18.6. The number of rotatable bonds is 7. The smallest absolute Gasteiger partial charge is 0.257 e. The van der Waals surface area contributed by atoms with Crippen LogP contribution in [0.15, 0.2) is 42.5 Å². The monoisotopic (exact) mass is 429 g/mol. The van der Waals surface area contributed by atoms with E-state index in [1.807, 2.05) is 27.7 Å². The van der Waals surface area contributed by atoms with Crippen molar-refractivity contribution < 1.29 is 19.1 Å². The molecule has 0 aromatic heterocycles. The van der Waals surface area contributed by atoms with Crippen molar-refractivity contribution in [2.24, 2.45) is 5.92 Å². The molecule has 0 bridgehead atoms. The van der Waals surface area contributed by atoms with Gasteiger partial charge in [0.1, 0.15) is 11.5 Å². The van der Waals surface area contributed by atoms with Gasteiger partial charge in [0, 0.05) is 23.2 Å². The van der Waals surface area contributed by atoms with Crippen molar-refractivity contribution >= 4 is 40.5 Å². The number of carbonyl (C=O) groups is 2. The van der Waals surface area contributed by atoms with Crippen molar-refractivity contribution in [1.82, 2.24) is 5.32 Å². The molecule has 30 heavy (non-hydrogen) atoms. The SMILES string of the molecule is COc1cc(NC(=S)NC(=O)c2cccc(OC(C)C)c2)ccc1NC(=O)C(C)C. The van der Waals surface area contributed by atoms with Crippen LogP contribution in [0.5, 0.6) is 11.5 Å². The third kappa shape index (κ3) is 6.73. The third-order valence-electron chi connectivity index (χ3n) is 3.94. The summed E-state index contributed by atoms with van der Waals surface area (Å²) in [6.07, 6.45) is 0.00864. The quantitative estimate of drug-likeness (QED) is 0.572. The maximum absolute atomic E-state index is 12.5. The molecule has 2 rings (SSSR count). The Morgan fingerprint density at radius 2 is 1.73 bits per heavy atom. The minimum absolute atomic E-state index is 0.00864. The Balaban J connectivity index is 2.03. The lowest BCUT2D eigenvalue weighted by atomic mass is 10.2. The van der Waals surface area contributed by atoms with Crippen molar-refractivity contribution in [2.75, 3.05) is 17.7 Å². The van der Waals surface area contributed by atoms with Crippen molar-refractivity contribution in [3.63, 3.8) is 0 Å². The minimum atomic E-state index is -0.352. The van der Waals surface area contributed by atoms with Gasteiger partial charge < -0.3 is 20.1 Å². The minimum Gasteiger partial charge on any atom is -0.494 e. The predicted molar refractivity (Wildman–Crippen MR) is 122 cm³/mol. The summed E-state index contributed by atoms with van der Waals surface area (Å²) in [5.41, 5.74) is 1.59. The number of amides is 2. The molecule has 0 aliphatic rings. The van der Waals surface area contributed by atoms with Gasteiger partial charge in [-0.3, -0.25) is 14.9 Å². The molecule has 7 nitrogen and oxygen atoms in total. The molecule has 0 saturated carbocycles. The van der Waals surface area contributed by atoms with Crippen molar-refractivity contribution in [1.29, 1.82) is 0 Å². The van der Waals surface area contributed by atoms with E-state index < -0.39 is 0 Å². The molecule has 0 heterocycles. The average Bonchev–Trinajstić information content (AvgIpc) is 2.68. The number of methoxy groups -OCH3 is 1. The van der Waals surface area contributed by atoms with Gasteiger partial charge in [-0.15, -0.1) is 0 Å². The van der Waals surface area contributed by atoms with Gasteiger partial charge in [0.25, 0.3) is 5.91 Å². The van der Waals surface area contributed by atoms with Crippen LogP contribution in [0.2, 0.25) is 0 Å². The van der Waals surface area contributed by atoms with Crippen LogP contribution in [0.4, 0.5) is 11.4 Å². The Labute approximate surface area is 182 Å². The van der Waals surface area contributed by atoms with Crippen molar-refractivity contribution in [2.45, 2.75) is 33.8 Å². The summed E-state index contributed by atoms with van der Waals surface area (Å²) >= 11 is 5.25. The molecule has 2 aromatic rings. The maximum atomic E-state index is 12.5. The largest absolute Gasteiger partial charge is 0.494 e. The lowest BCUT2D eigenvalue weighted by Gasteiger charge is -2.15. The summed E-state index contributed by atoms with van der Waals surface area (Å²) in [7, 11) is 1.51. The van der Waals surface area contributed by atoms with Crippen LogP contribution in [0.25, 0.3) is 0 Å². The van der Waals surface area contributed by atoms with Gasteiger partial charge in [0.15, 0.2) is 5.11 Å². The standard InChI is InChI=1S/C22H27N3O4S/c1-13(2)20(26)24-18-10-9-16(12-19(18)28-5)23-22(30)25-21(27)15-7-6-8-17(11-15)29-14(3)4/h6-14H,1-5H3,(H,24,26)(H2,23,25,27,30). The Kier molecular flexibility index (Phi) is 8.17. The van der Waals surface area contributed by atoms with Crippen LogP contribution in [-0.2, 0) is 4.79 Å². The number of nitrogens with one attached hydrogen (secondary N) is 3. The summed E-state index contributed by atoms with van der Waals surface area (Å²) in [5.74, 6) is 0.469. The van der Waals surface area contributed by atoms with Crippen molar-refractivity contribution in [3.8, 4) is 11.5 Å². The molecule has 160 valence electrons. The van der Waals surface area contributed by atoms with Crippen LogP contribution < -0.4 is 25.4 Å². The van der Waals surface area contributed by atoms with Gasteiger partial charge in [0.05, 0.1) is 18.9 Å². The Hall–Kier alpha value is -3.13. The molecule has 0 radical (unpaired) electrons. The molecular weight excluding hydrogens is 402 g/mol. The first kappa shape index (κ1) is 23.2. The van der Waals surface area contributed by atoms with Crippen LogP contribution in [-0.4, -0.2) is 30.1 Å². The first-order valence-electron chi connectivity index (χ1n) is 9.57. The number of hydrogen-bond donors (Lipinski definition) is 3. The van der Waals surface area contributed by atoms with Gasteiger partial charge in [-0.2, -0.15) is 0 Å². The van der Waals surface area contributed by atoms with E-state index in [1.54, 1.807) is 42.5 Å². The highest BCUT2D eigenvalue weighted by atomic mass is 32.1. The van der Waals surface area contributed by atoms with Gasteiger partial charge in [0.2, 0.25) is 5.91 Å². The van der Waals surface area contributed by atoms with Crippen LogP contribution in [0.3, 0.4) is 0 Å². The highest BCUT2D eigenvalue weighted by Crippen LogP contribution is 2.28. The van der Waals surface area contributed by atoms with E-state index >= 15 is 0 Å². The zero-order chi connectivity index (χ0) is 22.3. The second kappa shape index (κ2) is 10.6. The van der Waals surface area contributed by atoms with E-state index in [2.05, 4.69) is 16.0 Å². The molecule has 0 unspecified atom stereocenters. The molecule has 2 amide bonds. The molecular formula is C22H27N3O4S. The van der Waals surface area contributed by atoms with Crippen LogP contribution in [0.1, 0.15) is 38.1 Å². The fraction of sp³-hybridized carbons (Fsp3) is 0.318. The van der Waals surface area contributed by atoms with Crippen molar-refractivity contribution in [3.05, 3.63) is 48.0 Å². The lowest BCUT2D eigenvalue weighted by molar-refractivity contribution is -0.118. The van der Waals surface area contributed by atoms with E-state index in [0.717, 1.165) is 0 Å². The molecule has 0 aliphatic carbocycles. The average molecular weight is 430 g/mol. The molecule has 8 heteroatoms. The van der Waals surface area contributed by atoms with Crippen LogP contribution in [0, 0.1) is 5.92 Å². The first-order chi connectivity index (χ1) is 14.2. The highest BCUT2D eigenvalue weighted by molar-refractivity contribution is 7.80. The number of thiocarbonyl (C=S) groups is 1. The molecule has 0 fully saturated rings. The van der Waals surface area contributed by atoms with Crippen LogP contribution >= 0.6 is 12.2 Å². The van der Waals surface area contributed by atoms with Gasteiger partial charge in [-0.1, -0.05) is 19.9 Å². The number of carbonyl (C=O) groups excluding carboxylic acids is 2. The molecule has 0 saturated heterocycles. The van der Waals surface area contributed by atoms with Gasteiger partial charge >= 0.3 is 0 Å². The van der Waals surface area contributed by atoms with E-state index in [0.29, 0.717) is 28.4 Å². The second-order valence-corrected chi connectivity index (χ2v) is 7.57. The lowest BCUT2D eigenvalue weighted by Crippen LogP contribution is -2.34. The summed E-state index contributed by atoms with van der Waals surface area (Å²) < 4.78 is 11.0. The van der Waals surface area contributed by atoms with Gasteiger partial charge in [-0.05, 0) is 56.4 Å². The number of benzene rings is 2. The second-order valence-electron chi connectivity index (χ2n) is 7.16. The number of anilines is 2. The number of hydrogen-bond acceptors (Lipinski definition) is 5. The molecule has 0 spiro atoms. The predicted octanol–water partition coefficient (Wildman–Crippen LogP) is 4.20. The zero-order valence-electron chi connectivity index (χ0n) is 17.7. The third-order valence-corrected chi connectivity index (χ3v) is 4.14. The Morgan fingerprint density at radius 1 is 1.00 bits per heavy atom. The molecule has 0 atom stereocenters.